The van der Waals surface area contributed by atoms with Gasteiger partial charge in [-0.25, -0.2) is 14.8 Å². The van der Waals surface area contributed by atoms with E-state index in [0.29, 0.717) is 18.7 Å². The predicted octanol–water partition coefficient (Wildman–Crippen LogP) is 0.174. The van der Waals surface area contributed by atoms with Crippen molar-refractivity contribution in [2.24, 2.45) is 0 Å². The molecule has 0 aliphatic carbocycles. The molecular formula is C11H14N4O3. The molecule has 96 valence electrons. The summed E-state index contributed by atoms with van der Waals surface area (Å²) >= 11 is 0. The molecule has 0 bridgehead atoms. The molecule has 1 aromatic rings. The molecule has 0 spiro atoms. The summed E-state index contributed by atoms with van der Waals surface area (Å²) in [4.78, 5) is 30.4. The molecule has 1 aromatic heterocycles. The third kappa shape index (κ3) is 2.73. The summed E-state index contributed by atoms with van der Waals surface area (Å²) in [6.45, 7) is 2.35. The number of aryl methyl sites for hydroxylation is 1. The zero-order valence-corrected chi connectivity index (χ0v) is 9.93. The van der Waals surface area contributed by atoms with Crippen molar-refractivity contribution in [2.75, 3.05) is 11.9 Å². The average Bonchev–Trinajstić information content (AvgIpc) is 2.31. The van der Waals surface area contributed by atoms with Gasteiger partial charge in [-0.15, -0.1) is 0 Å². The van der Waals surface area contributed by atoms with Crippen LogP contribution in [0.4, 0.5) is 5.95 Å². The van der Waals surface area contributed by atoms with Gasteiger partial charge in [0.25, 0.3) is 0 Å². The first kappa shape index (κ1) is 12.3. The highest BCUT2D eigenvalue weighted by Crippen LogP contribution is 2.11. The summed E-state index contributed by atoms with van der Waals surface area (Å²) in [6.07, 6.45) is 1.56. The van der Waals surface area contributed by atoms with Gasteiger partial charge in [-0.2, -0.15) is 0 Å². The third-order valence-corrected chi connectivity index (χ3v) is 2.66. The van der Waals surface area contributed by atoms with E-state index < -0.39 is 12.0 Å². The normalized spacial score (nSPS) is 19.2. The number of carbonyl (C=O) groups is 2. The molecule has 0 aromatic carbocycles. The first-order valence-corrected chi connectivity index (χ1v) is 5.69. The van der Waals surface area contributed by atoms with Gasteiger partial charge in [0.1, 0.15) is 6.04 Å². The highest BCUT2D eigenvalue weighted by molar-refractivity contribution is 5.86. The van der Waals surface area contributed by atoms with Crippen LogP contribution in [0, 0.1) is 6.92 Å². The number of carboxylic acids is 1. The maximum atomic E-state index is 11.6. The Hall–Kier alpha value is -2.18. The van der Waals surface area contributed by atoms with E-state index in [0.717, 1.165) is 6.42 Å². The zero-order chi connectivity index (χ0) is 13.1. The van der Waals surface area contributed by atoms with E-state index in [-0.39, 0.29) is 17.5 Å². The van der Waals surface area contributed by atoms with E-state index in [2.05, 4.69) is 20.6 Å². The van der Waals surface area contributed by atoms with Crippen molar-refractivity contribution in [3.05, 3.63) is 17.5 Å². The maximum absolute atomic E-state index is 11.6. The van der Waals surface area contributed by atoms with Crippen LogP contribution in [0.25, 0.3) is 0 Å². The minimum atomic E-state index is -1.11. The van der Waals surface area contributed by atoms with Gasteiger partial charge in [0.2, 0.25) is 11.9 Å². The van der Waals surface area contributed by atoms with Crippen LogP contribution < -0.4 is 10.6 Å². The van der Waals surface area contributed by atoms with Crippen molar-refractivity contribution in [3.63, 3.8) is 0 Å². The van der Waals surface area contributed by atoms with Gasteiger partial charge in [-0.1, -0.05) is 0 Å². The van der Waals surface area contributed by atoms with Crippen LogP contribution in [-0.2, 0) is 4.79 Å². The molecule has 1 atom stereocenters. The first-order chi connectivity index (χ1) is 8.56. The highest BCUT2D eigenvalue weighted by Gasteiger charge is 2.22. The van der Waals surface area contributed by atoms with Crippen LogP contribution >= 0.6 is 0 Å². The molecule has 7 nitrogen and oxygen atoms in total. The molecule has 18 heavy (non-hydrogen) atoms. The minimum Gasteiger partial charge on any atom is -0.477 e. The summed E-state index contributed by atoms with van der Waals surface area (Å²) in [6, 6.07) is 0.983. The van der Waals surface area contributed by atoms with Crippen LogP contribution in [0.5, 0.6) is 0 Å². The fourth-order valence-electron chi connectivity index (χ4n) is 1.81. The van der Waals surface area contributed by atoms with Gasteiger partial charge >= 0.3 is 5.97 Å². The molecule has 0 radical (unpaired) electrons. The van der Waals surface area contributed by atoms with Gasteiger partial charge in [-0.3, -0.25) is 4.79 Å². The molecule has 0 saturated carbocycles. The summed E-state index contributed by atoms with van der Waals surface area (Å²) in [5.41, 5.74) is 0.460. The monoisotopic (exact) mass is 250 g/mol. The fourth-order valence-corrected chi connectivity index (χ4v) is 1.81. The van der Waals surface area contributed by atoms with Crippen LogP contribution in [0.2, 0.25) is 0 Å². The SMILES string of the molecule is Cc1cc(C(=O)O)nc(NC2CCCNC2=O)n1. The van der Waals surface area contributed by atoms with Gasteiger partial charge in [0.05, 0.1) is 0 Å². The van der Waals surface area contributed by atoms with E-state index in [9.17, 15) is 9.59 Å². The Labute approximate surface area is 104 Å². The lowest BCUT2D eigenvalue weighted by Gasteiger charge is -2.22. The lowest BCUT2D eigenvalue weighted by molar-refractivity contribution is -0.123. The van der Waals surface area contributed by atoms with Gasteiger partial charge < -0.3 is 15.7 Å². The van der Waals surface area contributed by atoms with Gasteiger partial charge in [-0.05, 0) is 25.8 Å². The number of piperidine rings is 1. The third-order valence-electron chi connectivity index (χ3n) is 2.66. The molecule has 1 unspecified atom stereocenters. The molecule has 1 amide bonds. The smallest absolute Gasteiger partial charge is 0.354 e. The van der Waals surface area contributed by atoms with E-state index in [1.807, 2.05) is 0 Å². The van der Waals surface area contributed by atoms with E-state index in [1.54, 1.807) is 6.92 Å². The van der Waals surface area contributed by atoms with E-state index >= 15 is 0 Å². The maximum Gasteiger partial charge on any atom is 0.354 e. The molecule has 2 rings (SSSR count). The average molecular weight is 250 g/mol. The number of hydrogen-bond acceptors (Lipinski definition) is 5. The number of rotatable bonds is 3. The van der Waals surface area contributed by atoms with Crippen molar-refractivity contribution in [2.45, 2.75) is 25.8 Å². The van der Waals surface area contributed by atoms with Gasteiger partial charge in [0.15, 0.2) is 5.69 Å². The lowest BCUT2D eigenvalue weighted by Crippen LogP contribution is -2.44. The Morgan fingerprint density at radius 3 is 3.00 bits per heavy atom. The number of aromatic carboxylic acids is 1. The molecule has 1 aliphatic rings. The molecule has 1 saturated heterocycles. The first-order valence-electron chi connectivity index (χ1n) is 5.69. The molecule has 7 heteroatoms. The van der Waals surface area contributed by atoms with Gasteiger partial charge in [0, 0.05) is 12.2 Å². The molecule has 3 N–H and O–H groups in total. The Morgan fingerprint density at radius 1 is 1.56 bits per heavy atom. The van der Waals surface area contributed by atoms with Crippen molar-refractivity contribution in [1.82, 2.24) is 15.3 Å². The van der Waals surface area contributed by atoms with Crippen LogP contribution in [0.1, 0.15) is 29.0 Å². The van der Waals surface area contributed by atoms with Crippen molar-refractivity contribution in [1.29, 1.82) is 0 Å². The summed E-state index contributed by atoms with van der Waals surface area (Å²) in [5, 5.41) is 14.5. The molecular weight excluding hydrogens is 236 g/mol. The Kier molecular flexibility index (Phi) is 3.40. The second kappa shape index (κ2) is 4.99. The Balaban J connectivity index is 2.17. The lowest BCUT2D eigenvalue weighted by atomic mass is 10.1. The van der Waals surface area contributed by atoms with Crippen molar-refractivity contribution < 1.29 is 14.7 Å². The second-order valence-corrected chi connectivity index (χ2v) is 4.15. The topological polar surface area (TPSA) is 104 Å². The zero-order valence-electron chi connectivity index (χ0n) is 9.93. The number of nitrogens with zero attached hydrogens (tertiary/aromatic N) is 2. The quantitative estimate of drug-likeness (QED) is 0.706. The molecule has 2 heterocycles. The Bertz CT molecular complexity index is 489. The second-order valence-electron chi connectivity index (χ2n) is 4.15. The Morgan fingerprint density at radius 2 is 2.33 bits per heavy atom. The number of anilines is 1. The van der Waals surface area contributed by atoms with Crippen LogP contribution in [0.15, 0.2) is 6.07 Å². The molecule has 1 fully saturated rings. The number of amides is 1. The molecule has 1 aliphatic heterocycles. The fraction of sp³-hybridized carbons (Fsp3) is 0.455. The summed E-state index contributed by atoms with van der Waals surface area (Å²) in [7, 11) is 0. The summed E-state index contributed by atoms with van der Waals surface area (Å²) in [5.74, 6) is -1.05. The van der Waals surface area contributed by atoms with E-state index in [1.165, 1.54) is 6.07 Å². The number of aromatic nitrogens is 2. The minimum absolute atomic E-state index is 0.0822. The largest absolute Gasteiger partial charge is 0.477 e. The standard InChI is InChI=1S/C11H14N4O3/c1-6-5-8(10(17)18)15-11(13-6)14-7-3-2-4-12-9(7)16/h5,7H,2-4H2,1H3,(H,12,16)(H,17,18)(H,13,14,15). The summed E-state index contributed by atoms with van der Waals surface area (Å²) < 4.78 is 0. The van der Waals surface area contributed by atoms with Crippen molar-refractivity contribution in [3.8, 4) is 0 Å². The number of carbonyl (C=O) groups excluding carboxylic acids is 1. The highest BCUT2D eigenvalue weighted by atomic mass is 16.4. The van der Waals surface area contributed by atoms with E-state index in [4.69, 9.17) is 5.11 Å². The predicted molar refractivity (Wildman–Crippen MR) is 63.4 cm³/mol. The number of hydrogen-bond donors (Lipinski definition) is 3. The number of carboxylic acid groups (broad SMARTS) is 1. The van der Waals surface area contributed by atoms with Crippen molar-refractivity contribution >= 4 is 17.8 Å². The van der Waals surface area contributed by atoms with Crippen LogP contribution in [-0.4, -0.2) is 39.5 Å². The number of nitrogens with one attached hydrogen (secondary N) is 2. The van der Waals surface area contributed by atoms with Crippen LogP contribution in [0.3, 0.4) is 0 Å².